The average molecular weight is 131 g/mol. The van der Waals surface area contributed by atoms with Crippen LogP contribution in [0.2, 0.25) is 0 Å². The molecule has 1 aliphatic heterocycles. The number of aliphatic hydroxyl groups excluding tert-OH is 1. The maximum atomic E-state index is 8.49. The minimum absolute atomic E-state index is 0.239. The van der Waals surface area contributed by atoms with E-state index in [0.29, 0.717) is 6.10 Å². The third-order valence-corrected chi connectivity index (χ3v) is 1.40. The summed E-state index contributed by atoms with van der Waals surface area (Å²) in [7, 11) is 1.98. The molecule has 0 amide bonds. The van der Waals surface area contributed by atoms with E-state index in [1.54, 1.807) is 0 Å². The summed E-state index contributed by atoms with van der Waals surface area (Å²) in [6.07, 6.45) is 0.446. The van der Waals surface area contributed by atoms with E-state index in [1.807, 2.05) is 7.05 Å². The van der Waals surface area contributed by atoms with Crippen molar-refractivity contribution in [3.63, 3.8) is 0 Å². The van der Waals surface area contributed by atoms with E-state index < -0.39 is 0 Å². The van der Waals surface area contributed by atoms with Gasteiger partial charge in [-0.05, 0) is 7.05 Å². The van der Waals surface area contributed by atoms with Gasteiger partial charge in [0.1, 0.15) is 0 Å². The summed E-state index contributed by atoms with van der Waals surface area (Å²) in [5, 5.41) is 8.49. The molecule has 3 nitrogen and oxygen atoms in total. The molecular weight excluding hydrogens is 118 g/mol. The minimum atomic E-state index is 0.239. The highest BCUT2D eigenvalue weighted by Gasteiger charge is 2.23. The second-order valence-corrected chi connectivity index (χ2v) is 2.44. The van der Waals surface area contributed by atoms with Crippen LogP contribution in [-0.2, 0) is 4.74 Å². The first-order valence-electron chi connectivity index (χ1n) is 3.24. The van der Waals surface area contributed by atoms with Crippen LogP contribution in [0.4, 0.5) is 0 Å². The van der Waals surface area contributed by atoms with Crippen molar-refractivity contribution in [2.45, 2.75) is 6.10 Å². The minimum Gasteiger partial charge on any atom is -0.395 e. The molecule has 1 heterocycles. The first kappa shape index (κ1) is 6.99. The van der Waals surface area contributed by atoms with Crippen molar-refractivity contribution in [3.05, 3.63) is 0 Å². The number of rotatable bonds is 4. The molecule has 1 atom stereocenters. The lowest BCUT2D eigenvalue weighted by molar-refractivity contribution is 0.209. The maximum Gasteiger partial charge on any atom is 0.0936 e. The summed E-state index contributed by atoms with van der Waals surface area (Å²) in [4.78, 5) is 2.07. The van der Waals surface area contributed by atoms with Gasteiger partial charge in [0.25, 0.3) is 0 Å². The van der Waals surface area contributed by atoms with Gasteiger partial charge in [0.05, 0.1) is 19.3 Å². The van der Waals surface area contributed by atoms with Crippen LogP contribution >= 0.6 is 0 Å². The Kier molecular flexibility index (Phi) is 2.45. The lowest BCUT2D eigenvalue weighted by Gasteiger charge is -2.11. The molecule has 0 radical (unpaired) electrons. The van der Waals surface area contributed by atoms with Crippen LogP contribution in [0.25, 0.3) is 0 Å². The number of ether oxygens (including phenoxy) is 1. The summed E-state index contributed by atoms with van der Waals surface area (Å²) in [6.45, 7) is 2.85. The Morgan fingerprint density at radius 2 is 2.44 bits per heavy atom. The van der Waals surface area contributed by atoms with E-state index >= 15 is 0 Å². The molecule has 3 heteroatoms. The molecule has 0 spiro atoms. The van der Waals surface area contributed by atoms with Crippen molar-refractivity contribution in [2.24, 2.45) is 0 Å². The van der Waals surface area contributed by atoms with E-state index in [9.17, 15) is 0 Å². The number of hydrogen-bond acceptors (Lipinski definition) is 3. The first-order chi connectivity index (χ1) is 4.33. The SMILES string of the molecule is CN(CCO)C[C@H]1CO1. The molecule has 0 bridgehead atoms. The maximum absolute atomic E-state index is 8.49. The normalized spacial score (nSPS) is 25.0. The van der Waals surface area contributed by atoms with E-state index in [4.69, 9.17) is 9.84 Å². The summed E-state index contributed by atoms with van der Waals surface area (Å²) in [5.41, 5.74) is 0. The third kappa shape index (κ3) is 2.79. The van der Waals surface area contributed by atoms with Crippen LogP contribution in [-0.4, -0.2) is 49.5 Å². The molecule has 1 N–H and O–H groups in total. The first-order valence-corrected chi connectivity index (χ1v) is 3.24. The predicted molar refractivity (Wildman–Crippen MR) is 34.3 cm³/mol. The molecule has 0 aromatic heterocycles. The molecule has 0 aromatic rings. The van der Waals surface area contributed by atoms with Crippen molar-refractivity contribution in [1.29, 1.82) is 0 Å². The molecular formula is C6H13NO2. The van der Waals surface area contributed by atoms with Gasteiger partial charge >= 0.3 is 0 Å². The molecule has 0 aliphatic carbocycles. The Bertz CT molecular complexity index is 83.1. The summed E-state index contributed by atoms with van der Waals surface area (Å²) >= 11 is 0. The van der Waals surface area contributed by atoms with E-state index in [-0.39, 0.29) is 6.61 Å². The number of nitrogens with zero attached hydrogens (tertiary/aromatic N) is 1. The Morgan fingerprint density at radius 3 is 2.89 bits per heavy atom. The second-order valence-electron chi connectivity index (χ2n) is 2.44. The van der Waals surface area contributed by atoms with Crippen LogP contribution in [0.5, 0.6) is 0 Å². The predicted octanol–water partition coefficient (Wildman–Crippen LogP) is -0.691. The molecule has 1 aliphatic rings. The fraction of sp³-hybridized carbons (Fsp3) is 1.00. The molecule has 0 aromatic carbocycles. The molecule has 54 valence electrons. The molecule has 1 fully saturated rings. The fourth-order valence-electron chi connectivity index (χ4n) is 0.783. The molecule has 9 heavy (non-hydrogen) atoms. The molecule has 0 saturated carbocycles. The van der Waals surface area contributed by atoms with Crippen molar-refractivity contribution in [3.8, 4) is 0 Å². The topological polar surface area (TPSA) is 36.0 Å². The lowest BCUT2D eigenvalue weighted by atomic mass is 10.4. The smallest absolute Gasteiger partial charge is 0.0936 e. The van der Waals surface area contributed by atoms with Gasteiger partial charge in [-0.1, -0.05) is 0 Å². The van der Waals surface area contributed by atoms with E-state index in [2.05, 4.69) is 4.90 Å². The van der Waals surface area contributed by atoms with Crippen LogP contribution in [0.3, 0.4) is 0 Å². The van der Waals surface area contributed by atoms with Crippen molar-refractivity contribution in [1.82, 2.24) is 4.90 Å². The summed E-state index contributed by atoms with van der Waals surface area (Å²) < 4.78 is 5.00. The third-order valence-electron chi connectivity index (χ3n) is 1.40. The largest absolute Gasteiger partial charge is 0.395 e. The molecule has 1 rings (SSSR count). The van der Waals surface area contributed by atoms with Gasteiger partial charge in [0, 0.05) is 13.1 Å². The Hall–Kier alpha value is -0.120. The zero-order chi connectivity index (χ0) is 6.69. The summed E-state index contributed by atoms with van der Waals surface area (Å²) in [6, 6.07) is 0. The Labute approximate surface area is 55.2 Å². The van der Waals surface area contributed by atoms with Crippen molar-refractivity contribution < 1.29 is 9.84 Å². The fourth-order valence-corrected chi connectivity index (χ4v) is 0.783. The van der Waals surface area contributed by atoms with Crippen molar-refractivity contribution >= 4 is 0 Å². The van der Waals surface area contributed by atoms with Crippen LogP contribution < -0.4 is 0 Å². The average Bonchev–Trinajstić information content (AvgIpc) is 2.50. The standard InChI is InChI=1S/C6H13NO2/c1-7(2-3-8)4-6-5-9-6/h6,8H,2-5H2,1H3/t6-/m0/s1. The van der Waals surface area contributed by atoms with Gasteiger partial charge < -0.3 is 14.7 Å². The van der Waals surface area contributed by atoms with Gasteiger partial charge in [-0.3, -0.25) is 0 Å². The number of aliphatic hydroxyl groups is 1. The van der Waals surface area contributed by atoms with Gasteiger partial charge in [-0.2, -0.15) is 0 Å². The van der Waals surface area contributed by atoms with E-state index in [0.717, 1.165) is 19.7 Å². The van der Waals surface area contributed by atoms with Gasteiger partial charge in [-0.15, -0.1) is 0 Å². The van der Waals surface area contributed by atoms with Crippen LogP contribution in [0.1, 0.15) is 0 Å². The number of likely N-dealkylation sites (N-methyl/N-ethyl adjacent to an activating group) is 1. The number of epoxide rings is 1. The zero-order valence-corrected chi connectivity index (χ0v) is 5.71. The highest BCUT2D eigenvalue weighted by atomic mass is 16.6. The Morgan fingerprint density at radius 1 is 1.78 bits per heavy atom. The second kappa shape index (κ2) is 3.15. The van der Waals surface area contributed by atoms with Gasteiger partial charge in [0.15, 0.2) is 0 Å². The summed E-state index contributed by atoms with van der Waals surface area (Å²) in [5.74, 6) is 0. The Balaban J connectivity index is 1.95. The van der Waals surface area contributed by atoms with Gasteiger partial charge in [-0.25, -0.2) is 0 Å². The highest BCUT2D eigenvalue weighted by Crippen LogP contribution is 2.08. The molecule has 1 saturated heterocycles. The quantitative estimate of drug-likeness (QED) is 0.513. The lowest BCUT2D eigenvalue weighted by Crippen LogP contribution is -2.26. The van der Waals surface area contributed by atoms with Gasteiger partial charge in [0.2, 0.25) is 0 Å². The monoisotopic (exact) mass is 131 g/mol. The zero-order valence-electron chi connectivity index (χ0n) is 5.71. The highest BCUT2D eigenvalue weighted by molar-refractivity contribution is 4.72. The molecule has 0 unspecified atom stereocenters. The van der Waals surface area contributed by atoms with E-state index in [1.165, 1.54) is 0 Å². The number of hydrogen-bond donors (Lipinski definition) is 1. The van der Waals surface area contributed by atoms with Crippen LogP contribution in [0.15, 0.2) is 0 Å². The van der Waals surface area contributed by atoms with Crippen molar-refractivity contribution in [2.75, 3.05) is 33.4 Å². The van der Waals surface area contributed by atoms with Crippen LogP contribution in [0, 0.1) is 0 Å².